The van der Waals surface area contributed by atoms with Gasteiger partial charge in [0.2, 0.25) is 5.95 Å². The van der Waals surface area contributed by atoms with Crippen LogP contribution in [0.2, 0.25) is 0 Å². The number of halogens is 5. The van der Waals surface area contributed by atoms with E-state index in [0.717, 1.165) is 0 Å². The largest absolute Gasteiger partial charge is 0.452 e. The van der Waals surface area contributed by atoms with E-state index < -0.39 is 36.2 Å². The normalized spacial score (nSPS) is 26.9. The Bertz CT molecular complexity index is 563. The van der Waals surface area contributed by atoms with E-state index in [-0.39, 0.29) is 5.56 Å². The van der Waals surface area contributed by atoms with Crippen LogP contribution in [0.25, 0.3) is 0 Å². The molecule has 0 bridgehead atoms. The Hall–Kier alpha value is -1.38. The van der Waals surface area contributed by atoms with Crippen molar-refractivity contribution in [3.8, 4) is 0 Å². The van der Waals surface area contributed by atoms with Crippen LogP contribution in [0.1, 0.15) is 18.9 Å². The van der Waals surface area contributed by atoms with Crippen LogP contribution in [-0.2, 0) is 10.3 Å². The second kappa shape index (κ2) is 4.87. The van der Waals surface area contributed by atoms with Crippen LogP contribution in [0.3, 0.4) is 0 Å². The first kappa shape index (κ1) is 15.0. The number of amidine groups is 1. The summed E-state index contributed by atoms with van der Waals surface area (Å²) in [5, 5.41) is 0. The van der Waals surface area contributed by atoms with Gasteiger partial charge in [-0.15, -0.1) is 0 Å². The van der Waals surface area contributed by atoms with Gasteiger partial charge in [0.15, 0.2) is 6.10 Å². The molecule has 0 unspecified atom stereocenters. The molecule has 1 aromatic rings. The fourth-order valence-corrected chi connectivity index (χ4v) is 2.35. The van der Waals surface area contributed by atoms with Crippen molar-refractivity contribution in [3.05, 3.63) is 28.2 Å². The van der Waals surface area contributed by atoms with Crippen molar-refractivity contribution in [3.63, 3.8) is 0 Å². The van der Waals surface area contributed by atoms with Crippen molar-refractivity contribution in [2.75, 3.05) is 0 Å². The third-order valence-corrected chi connectivity index (χ3v) is 3.39. The molecule has 0 fully saturated rings. The molecule has 4 nitrogen and oxygen atoms in total. The topological polar surface area (TPSA) is 60.5 Å². The number of hydrogen-bond acceptors (Lipinski definition) is 4. The highest BCUT2D eigenvalue weighted by Gasteiger charge is 2.50. The molecule has 2 rings (SSSR count). The molecule has 0 spiro atoms. The van der Waals surface area contributed by atoms with Crippen molar-refractivity contribution in [1.82, 2.24) is 4.98 Å². The standard InChI is InChI=1S/C11H10BrF4N3O/c1-10(6-2-5(12)4-18-8(6)13)3-7(11(14,15)16)20-9(17)19-10/h2,4,7H,3H2,1H3,(H2,17,19)/t7-,10-/m0/s1. The van der Waals surface area contributed by atoms with Crippen molar-refractivity contribution >= 4 is 22.0 Å². The summed E-state index contributed by atoms with van der Waals surface area (Å²) in [4.78, 5) is 7.29. The molecule has 0 aliphatic carbocycles. The molecule has 0 radical (unpaired) electrons. The summed E-state index contributed by atoms with van der Waals surface area (Å²) in [5.41, 5.74) is 3.72. The van der Waals surface area contributed by atoms with Crippen LogP contribution in [0.5, 0.6) is 0 Å². The number of rotatable bonds is 1. The summed E-state index contributed by atoms with van der Waals surface area (Å²) in [6.45, 7) is 1.35. The highest BCUT2D eigenvalue weighted by Crippen LogP contribution is 2.40. The molecule has 20 heavy (non-hydrogen) atoms. The molecule has 2 atom stereocenters. The van der Waals surface area contributed by atoms with E-state index in [2.05, 4.69) is 30.6 Å². The zero-order chi connectivity index (χ0) is 15.1. The Balaban J connectivity index is 2.48. The predicted molar refractivity (Wildman–Crippen MR) is 66.4 cm³/mol. The number of ether oxygens (including phenoxy) is 1. The minimum atomic E-state index is -4.61. The van der Waals surface area contributed by atoms with Gasteiger partial charge in [0, 0.05) is 22.7 Å². The van der Waals surface area contributed by atoms with E-state index in [1.807, 2.05) is 0 Å². The molecule has 0 saturated heterocycles. The van der Waals surface area contributed by atoms with Gasteiger partial charge in [0.05, 0.1) is 5.54 Å². The van der Waals surface area contributed by atoms with Gasteiger partial charge in [-0.05, 0) is 28.9 Å². The molecular formula is C11H10BrF4N3O. The number of aliphatic imine (C=N–C) groups is 1. The van der Waals surface area contributed by atoms with Gasteiger partial charge in [-0.2, -0.15) is 17.6 Å². The molecule has 110 valence electrons. The van der Waals surface area contributed by atoms with Crippen LogP contribution < -0.4 is 5.73 Å². The number of nitrogens with zero attached hydrogens (tertiary/aromatic N) is 2. The molecule has 0 aromatic carbocycles. The number of alkyl halides is 3. The number of hydrogen-bond donors (Lipinski definition) is 1. The average molecular weight is 356 g/mol. The lowest BCUT2D eigenvalue weighted by molar-refractivity contribution is -0.208. The second-order valence-electron chi connectivity index (χ2n) is 4.57. The summed E-state index contributed by atoms with van der Waals surface area (Å²) in [6, 6.07) is 0.707. The Morgan fingerprint density at radius 3 is 2.75 bits per heavy atom. The highest BCUT2D eigenvalue weighted by atomic mass is 79.9. The molecule has 2 N–H and O–H groups in total. The minimum Gasteiger partial charge on any atom is -0.452 e. The molecule has 9 heteroatoms. The minimum absolute atomic E-state index is 0.0765. The summed E-state index contributed by atoms with van der Waals surface area (Å²) in [5.74, 6) is -0.893. The molecular weight excluding hydrogens is 346 g/mol. The highest BCUT2D eigenvalue weighted by molar-refractivity contribution is 9.10. The van der Waals surface area contributed by atoms with Crippen LogP contribution in [0.15, 0.2) is 21.7 Å². The van der Waals surface area contributed by atoms with Crippen molar-refractivity contribution in [1.29, 1.82) is 0 Å². The predicted octanol–water partition coefficient (Wildman–Crippen LogP) is 2.86. The van der Waals surface area contributed by atoms with E-state index in [1.54, 1.807) is 0 Å². The number of pyridine rings is 1. The summed E-state index contributed by atoms with van der Waals surface area (Å²) in [6.07, 6.45) is -6.12. The molecule has 1 aliphatic rings. The summed E-state index contributed by atoms with van der Waals surface area (Å²) < 4.78 is 57.1. The van der Waals surface area contributed by atoms with Gasteiger partial charge in [-0.1, -0.05) is 0 Å². The van der Waals surface area contributed by atoms with Crippen molar-refractivity contribution < 1.29 is 22.3 Å². The smallest absolute Gasteiger partial charge is 0.425 e. The zero-order valence-electron chi connectivity index (χ0n) is 10.2. The van der Waals surface area contributed by atoms with Crippen LogP contribution in [-0.4, -0.2) is 23.3 Å². The first-order valence-electron chi connectivity index (χ1n) is 5.52. The third-order valence-electron chi connectivity index (χ3n) is 2.95. The third kappa shape index (κ3) is 2.87. The van der Waals surface area contributed by atoms with Gasteiger partial charge in [0.1, 0.15) is 0 Å². The van der Waals surface area contributed by atoms with E-state index in [1.165, 1.54) is 19.2 Å². The first-order chi connectivity index (χ1) is 9.12. The monoisotopic (exact) mass is 355 g/mol. The second-order valence-corrected chi connectivity index (χ2v) is 5.48. The first-order valence-corrected chi connectivity index (χ1v) is 6.31. The fourth-order valence-electron chi connectivity index (χ4n) is 2.02. The molecule has 0 saturated carbocycles. The zero-order valence-corrected chi connectivity index (χ0v) is 11.8. The van der Waals surface area contributed by atoms with Gasteiger partial charge >= 0.3 is 6.18 Å². The lowest BCUT2D eigenvalue weighted by Crippen LogP contribution is -2.46. The molecule has 2 heterocycles. The van der Waals surface area contributed by atoms with E-state index in [0.29, 0.717) is 4.47 Å². The van der Waals surface area contributed by atoms with Gasteiger partial charge < -0.3 is 10.5 Å². The maximum Gasteiger partial charge on any atom is 0.425 e. The number of aromatic nitrogens is 1. The summed E-state index contributed by atoms with van der Waals surface area (Å²) >= 11 is 3.09. The van der Waals surface area contributed by atoms with Gasteiger partial charge in [-0.3, -0.25) is 0 Å². The van der Waals surface area contributed by atoms with Crippen LogP contribution in [0, 0.1) is 5.95 Å². The Labute approximate surface area is 120 Å². The van der Waals surface area contributed by atoms with Gasteiger partial charge in [-0.25, -0.2) is 9.98 Å². The molecule has 0 amide bonds. The Morgan fingerprint density at radius 2 is 2.15 bits per heavy atom. The number of nitrogens with two attached hydrogens (primary N) is 1. The van der Waals surface area contributed by atoms with Gasteiger partial charge in [0.25, 0.3) is 6.02 Å². The SMILES string of the molecule is C[C@@]1(c2cc(Br)cnc2F)C[C@@H](C(F)(F)F)OC(N)=N1. The average Bonchev–Trinajstić information content (AvgIpc) is 2.30. The quantitative estimate of drug-likeness (QED) is 0.622. The van der Waals surface area contributed by atoms with Crippen molar-refractivity contribution in [2.45, 2.75) is 31.2 Å². The fraction of sp³-hybridized carbons (Fsp3) is 0.455. The maximum absolute atomic E-state index is 13.8. The summed E-state index contributed by atoms with van der Waals surface area (Å²) in [7, 11) is 0. The van der Waals surface area contributed by atoms with E-state index in [9.17, 15) is 17.6 Å². The van der Waals surface area contributed by atoms with E-state index in [4.69, 9.17) is 5.73 Å². The van der Waals surface area contributed by atoms with Crippen LogP contribution >= 0.6 is 15.9 Å². The van der Waals surface area contributed by atoms with E-state index >= 15 is 0 Å². The maximum atomic E-state index is 13.8. The van der Waals surface area contributed by atoms with Crippen molar-refractivity contribution in [2.24, 2.45) is 10.7 Å². The van der Waals surface area contributed by atoms with Crippen LogP contribution in [0.4, 0.5) is 17.6 Å². The Morgan fingerprint density at radius 1 is 1.50 bits per heavy atom. The lowest BCUT2D eigenvalue weighted by Gasteiger charge is -2.35. The molecule has 1 aliphatic heterocycles. The lowest BCUT2D eigenvalue weighted by atomic mass is 9.86. The molecule has 1 aromatic heterocycles. The Kier molecular flexibility index (Phi) is 3.66.